The Bertz CT molecular complexity index is 719. The Kier molecular flexibility index (Phi) is 3.89. The number of aromatic nitrogens is 3. The molecule has 5 nitrogen and oxygen atoms in total. The van der Waals surface area contributed by atoms with Crippen LogP contribution in [-0.4, -0.2) is 38.2 Å². The topological polar surface area (TPSA) is 51.0 Å². The average molecular weight is 300 g/mol. The monoisotopic (exact) mass is 300 g/mol. The molecule has 0 radical (unpaired) electrons. The second-order valence-electron chi connectivity index (χ2n) is 6.28. The number of hydrogen-bond donors (Lipinski definition) is 0. The van der Waals surface area contributed by atoms with Gasteiger partial charge >= 0.3 is 0 Å². The first-order valence-electron chi connectivity index (χ1n) is 8.14. The first kappa shape index (κ1) is 15.0. The summed E-state index contributed by atoms with van der Waals surface area (Å²) in [6, 6.07) is 2.28. The van der Waals surface area contributed by atoms with E-state index >= 15 is 0 Å². The van der Waals surface area contributed by atoms with Crippen molar-refractivity contribution in [3.8, 4) is 0 Å². The van der Waals surface area contributed by atoms with Crippen LogP contribution in [0.5, 0.6) is 0 Å². The summed E-state index contributed by atoms with van der Waals surface area (Å²) in [5.41, 5.74) is 3.29. The Hall–Kier alpha value is -1.91. The van der Waals surface area contributed by atoms with Crippen molar-refractivity contribution >= 4 is 16.9 Å². The zero-order chi connectivity index (χ0) is 15.9. The van der Waals surface area contributed by atoms with E-state index in [-0.39, 0.29) is 5.91 Å². The SMILES string of the molecule is CCC1CCCCN1C(=O)c1cc(C)nc2c1c(C)nn2C. The van der Waals surface area contributed by atoms with Crippen LogP contribution in [0.4, 0.5) is 0 Å². The predicted octanol–water partition coefficient (Wildman–Crippen LogP) is 2.99. The van der Waals surface area contributed by atoms with E-state index in [2.05, 4.69) is 21.9 Å². The predicted molar refractivity (Wildman–Crippen MR) is 86.9 cm³/mol. The van der Waals surface area contributed by atoms with Gasteiger partial charge < -0.3 is 4.90 Å². The van der Waals surface area contributed by atoms with Gasteiger partial charge in [0, 0.05) is 25.3 Å². The number of piperidine rings is 1. The smallest absolute Gasteiger partial charge is 0.254 e. The number of carbonyl (C=O) groups excluding carboxylic acids is 1. The number of fused-ring (bicyclic) bond motifs is 1. The summed E-state index contributed by atoms with van der Waals surface area (Å²) in [5.74, 6) is 0.137. The van der Waals surface area contributed by atoms with E-state index in [9.17, 15) is 4.79 Å². The standard InChI is InChI=1S/C17H24N4O/c1-5-13-8-6-7-9-21(13)17(22)14-10-11(2)18-16-15(14)12(3)19-20(16)4/h10,13H,5-9H2,1-4H3. The van der Waals surface area contributed by atoms with Gasteiger partial charge in [-0.1, -0.05) is 6.92 Å². The number of rotatable bonds is 2. The normalized spacial score (nSPS) is 18.9. The van der Waals surface area contributed by atoms with Gasteiger partial charge in [-0.3, -0.25) is 9.48 Å². The largest absolute Gasteiger partial charge is 0.336 e. The highest BCUT2D eigenvalue weighted by Gasteiger charge is 2.28. The molecule has 1 atom stereocenters. The number of nitrogens with zero attached hydrogens (tertiary/aromatic N) is 4. The first-order chi connectivity index (χ1) is 10.5. The Labute approximate surface area is 131 Å². The van der Waals surface area contributed by atoms with E-state index in [1.807, 2.05) is 27.0 Å². The molecule has 0 saturated carbocycles. The molecule has 2 aromatic rings. The molecule has 1 unspecified atom stereocenters. The molecular weight excluding hydrogens is 276 g/mol. The molecule has 0 spiro atoms. The summed E-state index contributed by atoms with van der Waals surface area (Å²) < 4.78 is 1.77. The quantitative estimate of drug-likeness (QED) is 0.856. The van der Waals surface area contributed by atoms with Crippen molar-refractivity contribution in [2.24, 2.45) is 7.05 Å². The Morgan fingerprint density at radius 1 is 1.36 bits per heavy atom. The van der Waals surface area contributed by atoms with Crippen molar-refractivity contribution < 1.29 is 4.79 Å². The Balaban J connectivity index is 2.10. The molecule has 5 heteroatoms. The lowest BCUT2D eigenvalue weighted by molar-refractivity contribution is 0.0610. The van der Waals surface area contributed by atoms with Crippen molar-refractivity contribution in [1.29, 1.82) is 0 Å². The van der Waals surface area contributed by atoms with Gasteiger partial charge in [-0.2, -0.15) is 5.10 Å². The zero-order valence-electron chi connectivity index (χ0n) is 13.9. The lowest BCUT2D eigenvalue weighted by Crippen LogP contribution is -2.43. The van der Waals surface area contributed by atoms with E-state index < -0.39 is 0 Å². The fourth-order valence-electron chi connectivity index (χ4n) is 3.59. The minimum Gasteiger partial charge on any atom is -0.336 e. The number of aryl methyl sites for hydroxylation is 3. The Morgan fingerprint density at radius 3 is 2.86 bits per heavy atom. The molecule has 1 aliphatic heterocycles. The number of carbonyl (C=O) groups is 1. The average Bonchev–Trinajstić information content (AvgIpc) is 2.80. The van der Waals surface area contributed by atoms with Crippen LogP contribution in [0.15, 0.2) is 6.07 Å². The minimum absolute atomic E-state index is 0.137. The molecule has 1 fully saturated rings. The summed E-state index contributed by atoms with van der Waals surface area (Å²) in [4.78, 5) is 19.8. The van der Waals surface area contributed by atoms with E-state index in [4.69, 9.17) is 0 Å². The van der Waals surface area contributed by atoms with Crippen LogP contribution < -0.4 is 0 Å². The van der Waals surface area contributed by atoms with Gasteiger partial charge in [-0.25, -0.2) is 4.98 Å². The first-order valence-corrected chi connectivity index (χ1v) is 8.14. The third-order valence-electron chi connectivity index (χ3n) is 4.69. The molecule has 1 aliphatic rings. The third kappa shape index (κ3) is 2.38. The van der Waals surface area contributed by atoms with Gasteiger partial charge in [0.25, 0.3) is 5.91 Å². The van der Waals surface area contributed by atoms with Crippen LogP contribution in [0.1, 0.15) is 54.4 Å². The van der Waals surface area contributed by atoms with Crippen molar-refractivity contribution in [2.75, 3.05) is 6.54 Å². The number of pyridine rings is 1. The van der Waals surface area contributed by atoms with Crippen LogP contribution in [0, 0.1) is 13.8 Å². The van der Waals surface area contributed by atoms with Gasteiger partial charge in [0.15, 0.2) is 5.65 Å². The summed E-state index contributed by atoms with van der Waals surface area (Å²) in [7, 11) is 1.88. The molecular formula is C17H24N4O. The molecule has 2 aromatic heterocycles. The van der Waals surface area contributed by atoms with Gasteiger partial charge in [-0.05, 0) is 45.6 Å². The van der Waals surface area contributed by atoms with E-state index in [0.29, 0.717) is 6.04 Å². The maximum atomic E-state index is 13.2. The van der Waals surface area contributed by atoms with Gasteiger partial charge in [0.05, 0.1) is 16.6 Å². The van der Waals surface area contributed by atoms with Crippen LogP contribution in [0.25, 0.3) is 11.0 Å². The molecule has 1 amide bonds. The summed E-state index contributed by atoms with van der Waals surface area (Å²) >= 11 is 0. The van der Waals surface area contributed by atoms with Crippen molar-refractivity contribution in [3.63, 3.8) is 0 Å². The lowest BCUT2D eigenvalue weighted by atomic mass is 9.98. The third-order valence-corrected chi connectivity index (χ3v) is 4.69. The molecule has 0 bridgehead atoms. The number of likely N-dealkylation sites (tertiary alicyclic amines) is 1. The van der Waals surface area contributed by atoms with Crippen molar-refractivity contribution in [3.05, 3.63) is 23.0 Å². The summed E-state index contributed by atoms with van der Waals surface area (Å²) in [6.45, 7) is 6.91. The molecule has 3 heterocycles. The lowest BCUT2D eigenvalue weighted by Gasteiger charge is -2.35. The highest BCUT2D eigenvalue weighted by molar-refractivity contribution is 6.06. The van der Waals surface area contributed by atoms with Gasteiger partial charge in [-0.15, -0.1) is 0 Å². The minimum atomic E-state index is 0.137. The maximum absolute atomic E-state index is 13.2. The van der Waals surface area contributed by atoms with Crippen molar-refractivity contribution in [1.82, 2.24) is 19.7 Å². The van der Waals surface area contributed by atoms with Crippen LogP contribution in [-0.2, 0) is 7.05 Å². The molecule has 0 N–H and O–H groups in total. The molecule has 1 saturated heterocycles. The highest BCUT2D eigenvalue weighted by atomic mass is 16.2. The fraction of sp³-hybridized carbons (Fsp3) is 0.588. The number of amides is 1. The van der Waals surface area contributed by atoms with E-state index in [1.54, 1.807) is 4.68 Å². The zero-order valence-corrected chi connectivity index (χ0v) is 13.9. The van der Waals surface area contributed by atoms with Crippen molar-refractivity contribution in [2.45, 2.75) is 52.5 Å². The molecule has 118 valence electrons. The molecule has 0 aromatic carbocycles. The number of hydrogen-bond acceptors (Lipinski definition) is 3. The van der Waals surface area contributed by atoms with Crippen LogP contribution in [0.3, 0.4) is 0 Å². The highest BCUT2D eigenvalue weighted by Crippen LogP contribution is 2.27. The molecule has 3 rings (SSSR count). The summed E-state index contributed by atoms with van der Waals surface area (Å²) in [5, 5.41) is 5.34. The van der Waals surface area contributed by atoms with Crippen LogP contribution >= 0.6 is 0 Å². The second kappa shape index (κ2) is 5.71. The van der Waals surface area contributed by atoms with Crippen LogP contribution in [0.2, 0.25) is 0 Å². The van der Waals surface area contributed by atoms with Gasteiger partial charge in [0.2, 0.25) is 0 Å². The Morgan fingerprint density at radius 2 is 2.14 bits per heavy atom. The molecule has 0 aliphatic carbocycles. The van der Waals surface area contributed by atoms with E-state index in [0.717, 1.165) is 53.8 Å². The fourth-order valence-corrected chi connectivity index (χ4v) is 3.59. The molecule has 22 heavy (non-hydrogen) atoms. The van der Waals surface area contributed by atoms with Gasteiger partial charge in [0.1, 0.15) is 0 Å². The van der Waals surface area contributed by atoms with E-state index in [1.165, 1.54) is 6.42 Å². The second-order valence-corrected chi connectivity index (χ2v) is 6.28. The maximum Gasteiger partial charge on any atom is 0.254 e. The summed E-state index contributed by atoms with van der Waals surface area (Å²) in [6.07, 6.45) is 4.45.